The van der Waals surface area contributed by atoms with Gasteiger partial charge in [-0.15, -0.1) is 24.0 Å². The lowest BCUT2D eigenvalue weighted by atomic mass is 9.74. The summed E-state index contributed by atoms with van der Waals surface area (Å²) in [4.78, 5) is 4.82. The fraction of sp³-hybridized carbons (Fsp3) is 0.435. The second-order valence-corrected chi connectivity index (χ2v) is 7.40. The van der Waals surface area contributed by atoms with Gasteiger partial charge in [0, 0.05) is 31.7 Å². The molecule has 1 aliphatic rings. The Morgan fingerprint density at radius 2 is 1.77 bits per heavy atom. The number of hydrogen-bond donors (Lipinski definition) is 2. The maximum absolute atomic E-state index is 13.8. The van der Waals surface area contributed by atoms with Gasteiger partial charge in [0.15, 0.2) is 5.96 Å². The highest BCUT2D eigenvalue weighted by molar-refractivity contribution is 14.0. The molecule has 0 aliphatic carbocycles. The second-order valence-electron chi connectivity index (χ2n) is 7.40. The van der Waals surface area contributed by atoms with Gasteiger partial charge >= 0.3 is 0 Å². The zero-order chi connectivity index (χ0) is 20.5. The normalized spacial score (nSPS) is 15.9. The Morgan fingerprint density at radius 3 is 2.43 bits per heavy atom. The molecular formula is C23H30F2IN3O. The van der Waals surface area contributed by atoms with Gasteiger partial charge in [-0.05, 0) is 61.6 Å². The predicted octanol–water partition coefficient (Wildman–Crippen LogP) is 4.43. The number of guanidine groups is 1. The number of aliphatic imine (C=N–C) groups is 1. The molecule has 1 aliphatic heterocycles. The SMILES string of the molecule is CCNC(=NCC1(c2cccc(F)c2)CCOCC1)NCCc1ccc(F)cc1.I. The van der Waals surface area contributed by atoms with Crippen molar-refractivity contribution in [3.05, 3.63) is 71.3 Å². The minimum Gasteiger partial charge on any atom is -0.381 e. The van der Waals surface area contributed by atoms with Gasteiger partial charge in [0.25, 0.3) is 0 Å². The van der Waals surface area contributed by atoms with Crippen LogP contribution in [0, 0.1) is 11.6 Å². The summed E-state index contributed by atoms with van der Waals surface area (Å²) in [6, 6.07) is 13.4. The van der Waals surface area contributed by atoms with Crippen LogP contribution in [0.15, 0.2) is 53.5 Å². The lowest BCUT2D eigenvalue weighted by molar-refractivity contribution is 0.0530. The average molecular weight is 529 g/mol. The molecule has 164 valence electrons. The molecule has 1 heterocycles. The van der Waals surface area contributed by atoms with Gasteiger partial charge in [0.1, 0.15) is 11.6 Å². The van der Waals surface area contributed by atoms with E-state index in [-0.39, 0.29) is 41.0 Å². The number of nitrogens with one attached hydrogen (secondary N) is 2. The number of nitrogens with zero attached hydrogens (tertiary/aromatic N) is 1. The fourth-order valence-electron chi connectivity index (χ4n) is 3.67. The first kappa shape index (κ1) is 24.5. The van der Waals surface area contributed by atoms with E-state index < -0.39 is 0 Å². The van der Waals surface area contributed by atoms with Crippen LogP contribution < -0.4 is 10.6 Å². The van der Waals surface area contributed by atoms with Crippen LogP contribution in [0.2, 0.25) is 0 Å². The van der Waals surface area contributed by atoms with Crippen molar-refractivity contribution >= 4 is 29.9 Å². The molecule has 1 fully saturated rings. The number of ether oxygens (including phenoxy) is 1. The van der Waals surface area contributed by atoms with Crippen molar-refractivity contribution < 1.29 is 13.5 Å². The molecule has 3 rings (SSSR count). The molecule has 0 saturated carbocycles. The van der Waals surface area contributed by atoms with Crippen molar-refractivity contribution in [1.29, 1.82) is 0 Å². The lowest BCUT2D eigenvalue weighted by Crippen LogP contribution is -2.41. The molecule has 7 heteroatoms. The van der Waals surface area contributed by atoms with E-state index in [0.29, 0.717) is 26.3 Å². The van der Waals surface area contributed by atoms with Crippen LogP contribution in [-0.2, 0) is 16.6 Å². The largest absolute Gasteiger partial charge is 0.381 e. The summed E-state index contributed by atoms with van der Waals surface area (Å²) in [5.41, 5.74) is 1.82. The Labute approximate surface area is 194 Å². The summed E-state index contributed by atoms with van der Waals surface area (Å²) >= 11 is 0. The van der Waals surface area contributed by atoms with Gasteiger partial charge < -0.3 is 15.4 Å². The molecule has 4 nitrogen and oxygen atoms in total. The molecule has 2 aromatic rings. The number of halogens is 3. The predicted molar refractivity (Wildman–Crippen MR) is 128 cm³/mol. The molecule has 0 atom stereocenters. The van der Waals surface area contributed by atoms with E-state index in [1.165, 1.54) is 18.2 Å². The van der Waals surface area contributed by atoms with Gasteiger partial charge in [-0.1, -0.05) is 24.3 Å². The molecule has 1 saturated heterocycles. The zero-order valence-corrected chi connectivity index (χ0v) is 19.6. The Kier molecular flexibility index (Phi) is 9.97. The summed E-state index contributed by atoms with van der Waals surface area (Å²) < 4.78 is 32.4. The molecule has 0 radical (unpaired) electrons. The summed E-state index contributed by atoms with van der Waals surface area (Å²) in [6.45, 7) is 5.33. The highest BCUT2D eigenvalue weighted by atomic mass is 127. The monoisotopic (exact) mass is 529 g/mol. The summed E-state index contributed by atoms with van der Waals surface area (Å²) in [5, 5.41) is 6.61. The Balaban J connectivity index is 0.00000320. The van der Waals surface area contributed by atoms with Crippen LogP contribution in [-0.4, -0.2) is 38.8 Å². The average Bonchev–Trinajstić information content (AvgIpc) is 2.74. The van der Waals surface area contributed by atoms with Crippen LogP contribution in [0.3, 0.4) is 0 Å². The second kappa shape index (κ2) is 12.2. The first-order valence-electron chi connectivity index (χ1n) is 10.2. The zero-order valence-electron chi connectivity index (χ0n) is 17.3. The van der Waals surface area contributed by atoms with Crippen LogP contribution in [0.1, 0.15) is 30.9 Å². The minimum atomic E-state index is -0.226. The molecule has 0 unspecified atom stereocenters. The lowest BCUT2D eigenvalue weighted by Gasteiger charge is -2.36. The van der Waals surface area contributed by atoms with Gasteiger partial charge in [-0.2, -0.15) is 0 Å². The molecule has 0 spiro atoms. The highest BCUT2D eigenvalue weighted by Gasteiger charge is 2.34. The number of benzene rings is 2. The topological polar surface area (TPSA) is 45.7 Å². The first-order chi connectivity index (χ1) is 14.1. The third-order valence-electron chi connectivity index (χ3n) is 5.39. The van der Waals surface area contributed by atoms with Crippen molar-refractivity contribution in [2.24, 2.45) is 4.99 Å². The standard InChI is InChI=1S/C23H29F2N3O.HI/c1-2-26-22(27-13-10-18-6-8-20(24)9-7-18)28-17-23(11-14-29-15-12-23)19-4-3-5-21(25)16-19;/h3-9,16H,2,10-15,17H2,1H3,(H2,26,27,28);1H. The molecule has 0 bridgehead atoms. The summed E-state index contributed by atoms with van der Waals surface area (Å²) in [5.74, 6) is 0.286. The number of rotatable bonds is 7. The maximum atomic E-state index is 13.8. The van der Waals surface area contributed by atoms with E-state index in [1.54, 1.807) is 24.3 Å². The van der Waals surface area contributed by atoms with Crippen LogP contribution in [0.25, 0.3) is 0 Å². The molecule has 2 N–H and O–H groups in total. The van der Waals surface area contributed by atoms with E-state index in [4.69, 9.17) is 9.73 Å². The third kappa shape index (κ3) is 6.91. The van der Waals surface area contributed by atoms with Crippen LogP contribution >= 0.6 is 24.0 Å². The Bertz CT molecular complexity index is 808. The highest BCUT2D eigenvalue weighted by Crippen LogP contribution is 2.35. The van der Waals surface area contributed by atoms with E-state index in [1.807, 2.05) is 13.0 Å². The maximum Gasteiger partial charge on any atom is 0.191 e. The first-order valence-corrected chi connectivity index (χ1v) is 10.2. The summed E-state index contributed by atoms with van der Waals surface area (Å²) in [7, 11) is 0. The number of hydrogen-bond acceptors (Lipinski definition) is 2. The van der Waals surface area contributed by atoms with Gasteiger partial charge in [0.05, 0.1) is 6.54 Å². The van der Waals surface area contributed by atoms with Gasteiger partial charge in [0.2, 0.25) is 0 Å². The van der Waals surface area contributed by atoms with E-state index in [0.717, 1.165) is 42.9 Å². The van der Waals surface area contributed by atoms with E-state index in [9.17, 15) is 8.78 Å². The van der Waals surface area contributed by atoms with E-state index >= 15 is 0 Å². The van der Waals surface area contributed by atoms with Crippen molar-refractivity contribution in [2.75, 3.05) is 32.8 Å². The quantitative estimate of drug-likeness (QED) is 0.317. The van der Waals surface area contributed by atoms with E-state index in [2.05, 4.69) is 10.6 Å². The smallest absolute Gasteiger partial charge is 0.191 e. The molecule has 30 heavy (non-hydrogen) atoms. The van der Waals surface area contributed by atoms with Crippen molar-refractivity contribution in [3.63, 3.8) is 0 Å². The Morgan fingerprint density at radius 1 is 1.03 bits per heavy atom. The van der Waals surface area contributed by atoms with Crippen molar-refractivity contribution in [2.45, 2.75) is 31.6 Å². The van der Waals surface area contributed by atoms with Crippen LogP contribution in [0.5, 0.6) is 0 Å². The van der Waals surface area contributed by atoms with Crippen molar-refractivity contribution in [1.82, 2.24) is 10.6 Å². The molecular weight excluding hydrogens is 499 g/mol. The Hall–Kier alpha value is -1.74. The van der Waals surface area contributed by atoms with Gasteiger partial charge in [-0.25, -0.2) is 8.78 Å². The van der Waals surface area contributed by atoms with Crippen molar-refractivity contribution in [3.8, 4) is 0 Å². The molecule has 2 aromatic carbocycles. The van der Waals surface area contributed by atoms with Crippen LogP contribution in [0.4, 0.5) is 8.78 Å². The fourth-order valence-corrected chi connectivity index (χ4v) is 3.67. The van der Waals surface area contributed by atoms with Gasteiger partial charge in [-0.3, -0.25) is 4.99 Å². The minimum absolute atomic E-state index is 0. The molecule has 0 amide bonds. The summed E-state index contributed by atoms with van der Waals surface area (Å²) in [6.07, 6.45) is 2.40. The third-order valence-corrected chi connectivity index (χ3v) is 5.39. The molecule has 0 aromatic heterocycles.